The average Bonchev–Trinajstić information content (AvgIpc) is 3.37. The highest BCUT2D eigenvalue weighted by atomic mass is 35.5. The van der Waals surface area contributed by atoms with E-state index in [1.54, 1.807) is 57.7 Å². The van der Waals surface area contributed by atoms with Crippen molar-refractivity contribution in [3.8, 4) is 23.0 Å². The van der Waals surface area contributed by atoms with Crippen LogP contribution in [-0.2, 0) is 0 Å². The minimum absolute atomic E-state index is 0.0198. The summed E-state index contributed by atoms with van der Waals surface area (Å²) < 4.78 is 22.0. The zero-order chi connectivity index (χ0) is 27.5. The normalized spacial score (nSPS) is 19.4. The Hall–Kier alpha value is -3.97. The Kier molecular flexibility index (Phi) is 7.79. The molecule has 0 N–H and O–H groups in total. The highest BCUT2D eigenvalue weighted by molar-refractivity contribution is 6.31. The number of carbonyl (C=O) groups excluding carboxylic acids is 1. The van der Waals surface area contributed by atoms with Crippen molar-refractivity contribution in [1.29, 1.82) is 0 Å². The lowest BCUT2D eigenvalue weighted by Crippen LogP contribution is -2.32. The smallest absolute Gasteiger partial charge is 0.274 e. The number of ether oxygens (including phenoxy) is 4. The number of benzene rings is 3. The first kappa shape index (κ1) is 26.6. The van der Waals surface area contributed by atoms with Crippen LogP contribution in [0.3, 0.4) is 0 Å². The van der Waals surface area contributed by atoms with Gasteiger partial charge in [-0.25, -0.2) is 5.01 Å². The fraction of sp³-hybridized carbons (Fsp3) is 0.290. The lowest BCUT2D eigenvalue weighted by atomic mass is 9.77. The van der Waals surface area contributed by atoms with E-state index in [0.29, 0.717) is 33.6 Å². The minimum Gasteiger partial charge on any atom is -0.493 e. The fourth-order valence-corrected chi connectivity index (χ4v) is 5.63. The molecule has 0 saturated heterocycles. The predicted octanol–water partition coefficient (Wildman–Crippen LogP) is 6.81. The number of rotatable bonds is 7. The van der Waals surface area contributed by atoms with Gasteiger partial charge in [-0.2, -0.15) is 5.10 Å². The van der Waals surface area contributed by atoms with Gasteiger partial charge in [0.15, 0.2) is 23.0 Å². The molecule has 0 unspecified atom stereocenters. The molecule has 1 heterocycles. The van der Waals surface area contributed by atoms with Crippen LogP contribution in [-0.4, -0.2) is 45.1 Å². The largest absolute Gasteiger partial charge is 0.493 e. The second-order valence-corrected chi connectivity index (χ2v) is 9.92. The molecule has 3 aromatic carbocycles. The number of nitrogens with zero attached hydrogens (tertiary/aromatic N) is 2. The van der Waals surface area contributed by atoms with Crippen LogP contribution in [0.5, 0.6) is 23.0 Å². The van der Waals surface area contributed by atoms with Crippen LogP contribution in [0.1, 0.15) is 46.8 Å². The monoisotopic (exact) mass is 546 g/mol. The van der Waals surface area contributed by atoms with E-state index in [9.17, 15) is 4.79 Å². The lowest BCUT2D eigenvalue weighted by molar-refractivity contribution is 0.0680. The SMILES string of the molecule is COc1ccc(/C=C2\CCC[C@@H]3C2=NN(C(=O)c2cccc(Cl)c2)[C@@H]3c2ccc(OC)c(OC)c2)cc1OC. The van der Waals surface area contributed by atoms with Crippen LogP contribution in [0.2, 0.25) is 5.02 Å². The van der Waals surface area contributed by atoms with Crippen LogP contribution in [0, 0.1) is 5.92 Å². The van der Waals surface area contributed by atoms with Gasteiger partial charge in [0.25, 0.3) is 5.91 Å². The van der Waals surface area contributed by atoms with Gasteiger partial charge < -0.3 is 18.9 Å². The molecule has 3 aromatic rings. The number of carbonyl (C=O) groups is 1. The molecule has 2 atom stereocenters. The Morgan fingerprint density at radius 3 is 2.28 bits per heavy atom. The van der Waals surface area contributed by atoms with Gasteiger partial charge in [-0.1, -0.05) is 29.8 Å². The van der Waals surface area contributed by atoms with Crippen molar-refractivity contribution in [2.75, 3.05) is 28.4 Å². The Bertz CT molecular complexity index is 1450. The molecular formula is C31H31ClN2O5. The molecule has 0 bridgehead atoms. The van der Waals surface area contributed by atoms with E-state index in [-0.39, 0.29) is 17.9 Å². The van der Waals surface area contributed by atoms with Gasteiger partial charge in [-0.15, -0.1) is 0 Å². The molecule has 1 fully saturated rings. The van der Waals surface area contributed by atoms with E-state index in [4.69, 9.17) is 35.6 Å². The quantitative estimate of drug-likeness (QED) is 0.325. The maximum absolute atomic E-state index is 13.9. The summed E-state index contributed by atoms with van der Waals surface area (Å²) in [5.74, 6) is 2.39. The van der Waals surface area contributed by atoms with Crippen molar-refractivity contribution in [3.63, 3.8) is 0 Å². The van der Waals surface area contributed by atoms with Gasteiger partial charge in [0.2, 0.25) is 0 Å². The zero-order valence-electron chi connectivity index (χ0n) is 22.4. The van der Waals surface area contributed by atoms with Crippen molar-refractivity contribution < 1.29 is 23.7 Å². The van der Waals surface area contributed by atoms with Crippen molar-refractivity contribution in [2.45, 2.75) is 25.3 Å². The molecule has 0 spiro atoms. The summed E-state index contributed by atoms with van der Waals surface area (Å²) in [6, 6.07) is 18.3. The molecule has 1 saturated carbocycles. The van der Waals surface area contributed by atoms with Crippen molar-refractivity contribution in [3.05, 3.63) is 87.9 Å². The first-order valence-electron chi connectivity index (χ1n) is 12.8. The van der Waals surface area contributed by atoms with Crippen LogP contribution in [0.15, 0.2) is 71.3 Å². The van der Waals surface area contributed by atoms with Crippen molar-refractivity contribution >= 4 is 29.3 Å². The van der Waals surface area contributed by atoms with Gasteiger partial charge in [0.05, 0.1) is 40.2 Å². The third-order valence-corrected chi connectivity index (χ3v) is 7.51. The van der Waals surface area contributed by atoms with Gasteiger partial charge >= 0.3 is 0 Å². The Labute approximate surface area is 233 Å². The number of amides is 1. The maximum atomic E-state index is 13.9. The Morgan fingerprint density at radius 1 is 0.897 bits per heavy atom. The van der Waals surface area contributed by atoms with Gasteiger partial charge in [0, 0.05) is 16.5 Å². The molecule has 39 heavy (non-hydrogen) atoms. The number of fused-ring (bicyclic) bond motifs is 1. The third kappa shape index (κ3) is 5.19. The number of allylic oxidation sites excluding steroid dienone is 1. The molecule has 8 heteroatoms. The van der Waals surface area contributed by atoms with Gasteiger partial charge in [0.1, 0.15) is 0 Å². The number of halogens is 1. The highest BCUT2D eigenvalue weighted by Crippen LogP contribution is 2.46. The van der Waals surface area contributed by atoms with E-state index in [2.05, 4.69) is 6.08 Å². The first-order chi connectivity index (χ1) is 19.0. The topological polar surface area (TPSA) is 69.6 Å². The van der Waals surface area contributed by atoms with Crippen molar-refractivity contribution in [2.24, 2.45) is 11.0 Å². The number of hydrazone groups is 1. The second-order valence-electron chi connectivity index (χ2n) is 9.49. The minimum atomic E-state index is -0.305. The fourth-order valence-electron chi connectivity index (χ4n) is 5.44. The molecule has 0 aromatic heterocycles. The number of methoxy groups -OCH3 is 4. The summed E-state index contributed by atoms with van der Waals surface area (Å²) in [7, 11) is 6.46. The van der Waals surface area contributed by atoms with E-state index >= 15 is 0 Å². The van der Waals surface area contributed by atoms with Gasteiger partial charge in [-0.05, 0) is 84.5 Å². The van der Waals surface area contributed by atoms with Crippen LogP contribution < -0.4 is 18.9 Å². The van der Waals surface area contributed by atoms with E-state index in [1.165, 1.54) is 0 Å². The van der Waals surface area contributed by atoms with Crippen LogP contribution in [0.25, 0.3) is 6.08 Å². The lowest BCUT2D eigenvalue weighted by Gasteiger charge is -2.30. The molecule has 5 rings (SSSR count). The summed E-state index contributed by atoms with van der Waals surface area (Å²) in [5.41, 5.74) is 4.42. The molecule has 2 aliphatic rings. The Balaban J connectivity index is 1.59. The maximum Gasteiger partial charge on any atom is 0.274 e. The number of hydrogen-bond donors (Lipinski definition) is 0. The molecule has 1 aliphatic carbocycles. The summed E-state index contributed by atoms with van der Waals surface area (Å²) in [6.07, 6.45) is 4.87. The van der Waals surface area contributed by atoms with E-state index in [1.807, 2.05) is 36.4 Å². The highest BCUT2D eigenvalue weighted by Gasteiger charge is 2.44. The second kappa shape index (κ2) is 11.4. The standard InChI is InChI=1S/C31H31ClN2O5/c1-36-25-13-11-19(16-27(25)38-3)15-20-7-6-10-24-29(20)33-34(31(35)22-8-5-9-23(32)17-22)30(24)21-12-14-26(37-2)28(18-21)39-4/h5,8-9,11-18,24,30H,6-7,10H2,1-4H3/b20-15+/t24-,30-/m1/s1. The molecule has 202 valence electrons. The van der Waals surface area contributed by atoms with E-state index < -0.39 is 0 Å². The Morgan fingerprint density at radius 2 is 1.59 bits per heavy atom. The zero-order valence-corrected chi connectivity index (χ0v) is 23.2. The molecule has 7 nitrogen and oxygen atoms in total. The third-order valence-electron chi connectivity index (χ3n) is 7.28. The summed E-state index contributed by atoms with van der Waals surface area (Å²) >= 11 is 6.24. The molecular weight excluding hydrogens is 516 g/mol. The molecule has 1 amide bonds. The number of hydrogen-bond acceptors (Lipinski definition) is 6. The average molecular weight is 547 g/mol. The predicted molar refractivity (Wildman–Crippen MR) is 152 cm³/mol. The van der Waals surface area contributed by atoms with Crippen LogP contribution in [0.4, 0.5) is 0 Å². The summed E-state index contributed by atoms with van der Waals surface area (Å²) in [6.45, 7) is 0. The van der Waals surface area contributed by atoms with Crippen LogP contribution >= 0.6 is 11.6 Å². The molecule has 1 aliphatic heterocycles. The van der Waals surface area contributed by atoms with Crippen molar-refractivity contribution in [1.82, 2.24) is 5.01 Å². The first-order valence-corrected chi connectivity index (χ1v) is 13.2. The van der Waals surface area contributed by atoms with Gasteiger partial charge in [-0.3, -0.25) is 4.79 Å². The summed E-state index contributed by atoms with van der Waals surface area (Å²) in [5, 5.41) is 7.10. The molecule has 0 radical (unpaired) electrons. The summed E-state index contributed by atoms with van der Waals surface area (Å²) in [4.78, 5) is 13.9. The van der Waals surface area contributed by atoms with E-state index in [0.717, 1.165) is 41.7 Å².